The lowest BCUT2D eigenvalue weighted by Gasteiger charge is -2.19. The summed E-state index contributed by atoms with van der Waals surface area (Å²) in [5, 5.41) is 9.24. The largest absolute Gasteiger partial charge is 0.573 e. The number of halogens is 3. The van der Waals surface area contributed by atoms with Crippen LogP contribution >= 0.6 is 11.8 Å². The first-order chi connectivity index (χ1) is 8.92. The number of nitriles is 1. The minimum Gasteiger partial charge on any atom is -0.406 e. The van der Waals surface area contributed by atoms with Crippen LogP contribution < -0.4 is 4.74 Å². The molecule has 1 unspecified atom stereocenters. The van der Waals surface area contributed by atoms with E-state index in [-0.39, 0.29) is 5.75 Å². The summed E-state index contributed by atoms with van der Waals surface area (Å²) in [5.41, 5.74) is 0.852. The van der Waals surface area contributed by atoms with Crippen molar-refractivity contribution in [3.8, 4) is 11.8 Å². The lowest BCUT2D eigenvalue weighted by Crippen LogP contribution is -2.21. The van der Waals surface area contributed by atoms with Gasteiger partial charge in [-0.2, -0.15) is 5.26 Å². The number of thioether (sulfide) groups is 1. The lowest BCUT2D eigenvalue weighted by atomic mass is 9.96. The highest BCUT2D eigenvalue weighted by Gasteiger charge is 2.35. The fraction of sp³-hybridized carbons (Fsp3) is 0.462. The van der Waals surface area contributed by atoms with Gasteiger partial charge in [-0.1, -0.05) is 12.1 Å². The maximum Gasteiger partial charge on any atom is 0.573 e. The van der Waals surface area contributed by atoms with Crippen molar-refractivity contribution >= 4 is 11.8 Å². The third-order valence-corrected chi connectivity index (χ3v) is 4.44. The van der Waals surface area contributed by atoms with E-state index in [0.29, 0.717) is 6.42 Å². The van der Waals surface area contributed by atoms with Crippen LogP contribution in [0.4, 0.5) is 13.2 Å². The zero-order valence-electron chi connectivity index (χ0n) is 10.0. The minimum absolute atomic E-state index is 0.235. The summed E-state index contributed by atoms with van der Waals surface area (Å²) in [5.74, 6) is 0.726. The molecule has 0 amide bonds. The van der Waals surface area contributed by atoms with Crippen molar-refractivity contribution in [1.29, 1.82) is 5.26 Å². The first-order valence-corrected chi connectivity index (χ1v) is 6.81. The molecular formula is C13H12F3NOS. The predicted octanol–water partition coefficient (Wildman–Crippen LogP) is 3.92. The standard InChI is InChI=1S/C13H12F3NOS/c14-13(15,16)18-11-4-2-10(3-5-11)8-12(9-17)6-1-7-19-12/h2-5H,1,6-8H2. The number of hydrogen-bond donors (Lipinski definition) is 0. The molecule has 0 aliphatic carbocycles. The van der Waals surface area contributed by atoms with Gasteiger partial charge in [-0.3, -0.25) is 0 Å². The van der Waals surface area contributed by atoms with Crippen LogP contribution in [0.3, 0.4) is 0 Å². The average Bonchev–Trinajstić information content (AvgIpc) is 2.79. The van der Waals surface area contributed by atoms with E-state index >= 15 is 0 Å². The van der Waals surface area contributed by atoms with Crippen molar-refractivity contribution in [1.82, 2.24) is 0 Å². The van der Waals surface area contributed by atoms with Gasteiger partial charge in [0.05, 0.1) is 6.07 Å². The monoisotopic (exact) mass is 287 g/mol. The van der Waals surface area contributed by atoms with Gasteiger partial charge in [0.1, 0.15) is 10.5 Å². The van der Waals surface area contributed by atoms with E-state index in [1.165, 1.54) is 12.1 Å². The molecule has 0 saturated carbocycles. The average molecular weight is 287 g/mol. The van der Waals surface area contributed by atoms with E-state index in [1.807, 2.05) is 0 Å². The van der Waals surface area contributed by atoms with Gasteiger partial charge >= 0.3 is 6.36 Å². The fourth-order valence-corrected chi connectivity index (χ4v) is 3.40. The van der Waals surface area contributed by atoms with Crippen LogP contribution in [-0.2, 0) is 6.42 Å². The third kappa shape index (κ3) is 3.80. The molecule has 0 radical (unpaired) electrons. The van der Waals surface area contributed by atoms with Gasteiger partial charge in [-0.05, 0) is 36.3 Å². The number of benzene rings is 1. The molecule has 0 spiro atoms. The maximum absolute atomic E-state index is 12.0. The molecule has 1 heterocycles. The first-order valence-electron chi connectivity index (χ1n) is 5.82. The molecule has 0 aromatic heterocycles. The van der Waals surface area contributed by atoms with Crippen molar-refractivity contribution < 1.29 is 17.9 Å². The van der Waals surface area contributed by atoms with Crippen molar-refractivity contribution in [2.24, 2.45) is 0 Å². The summed E-state index contributed by atoms with van der Waals surface area (Å²) < 4.78 is 39.4. The smallest absolute Gasteiger partial charge is 0.406 e. The first kappa shape index (κ1) is 14.1. The number of ether oxygens (including phenoxy) is 1. The van der Waals surface area contributed by atoms with E-state index in [2.05, 4.69) is 10.8 Å². The topological polar surface area (TPSA) is 33.0 Å². The van der Waals surface area contributed by atoms with Crippen LogP contribution in [0.2, 0.25) is 0 Å². The molecule has 6 heteroatoms. The quantitative estimate of drug-likeness (QED) is 0.844. The second-order valence-corrected chi connectivity index (χ2v) is 5.91. The zero-order valence-corrected chi connectivity index (χ0v) is 10.9. The van der Waals surface area contributed by atoms with Gasteiger partial charge in [0, 0.05) is 6.42 Å². The molecule has 1 atom stereocenters. The van der Waals surface area contributed by atoms with E-state index in [9.17, 15) is 18.4 Å². The van der Waals surface area contributed by atoms with Gasteiger partial charge in [-0.25, -0.2) is 0 Å². The highest BCUT2D eigenvalue weighted by atomic mass is 32.2. The second-order valence-electron chi connectivity index (χ2n) is 4.43. The van der Waals surface area contributed by atoms with Crippen LogP contribution in [0.25, 0.3) is 0 Å². The van der Waals surface area contributed by atoms with E-state index < -0.39 is 11.1 Å². The molecule has 2 nitrogen and oxygen atoms in total. The fourth-order valence-electron chi connectivity index (χ4n) is 2.10. The van der Waals surface area contributed by atoms with Crippen LogP contribution in [0.5, 0.6) is 5.75 Å². The Morgan fingerprint density at radius 1 is 1.32 bits per heavy atom. The van der Waals surface area contributed by atoms with Gasteiger partial charge in [0.2, 0.25) is 0 Å². The van der Waals surface area contributed by atoms with Crippen LogP contribution in [0, 0.1) is 11.3 Å². The molecular weight excluding hydrogens is 275 g/mol. The molecule has 1 aliphatic rings. The lowest BCUT2D eigenvalue weighted by molar-refractivity contribution is -0.274. The third-order valence-electron chi connectivity index (χ3n) is 2.95. The van der Waals surface area contributed by atoms with Crippen LogP contribution in [-0.4, -0.2) is 16.9 Å². The Morgan fingerprint density at radius 2 is 2.00 bits per heavy atom. The molecule has 0 bridgehead atoms. The molecule has 1 saturated heterocycles. The summed E-state index contributed by atoms with van der Waals surface area (Å²) in [7, 11) is 0. The SMILES string of the molecule is N#CC1(Cc2ccc(OC(F)(F)F)cc2)CCCS1. The second kappa shape index (κ2) is 5.33. The molecule has 102 valence electrons. The highest BCUT2D eigenvalue weighted by molar-refractivity contribution is 8.01. The Morgan fingerprint density at radius 3 is 2.47 bits per heavy atom. The Bertz CT molecular complexity index is 472. The molecule has 1 aliphatic heterocycles. The Balaban J connectivity index is 2.05. The van der Waals surface area contributed by atoms with E-state index in [0.717, 1.165) is 24.2 Å². The van der Waals surface area contributed by atoms with Crippen molar-refractivity contribution in [3.05, 3.63) is 29.8 Å². The summed E-state index contributed by atoms with van der Waals surface area (Å²) in [6.07, 6.45) is -2.28. The zero-order chi connectivity index (χ0) is 13.9. The van der Waals surface area contributed by atoms with Gasteiger partial charge in [-0.15, -0.1) is 24.9 Å². The Labute approximate surface area is 113 Å². The summed E-state index contributed by atoms with van der Waals surface area (Å²) in [4.78, 5) is 0. The van der Waals surface area contributed by atoms with Gasteiger partial charge in [0.15, 0.2) is 0 Å². The number of alkyl halides is 3. The van der Waals surface area contributed by atoms with Gasteiger partial charge in [0.25, 0.3) is 0 Å². The Kier molecular flexibility index (Phi) is 3.95. The Hall–Kier alpha value is -1.35. The molecule has 0 N–H and O–H groups in total. The van der Waals surface area contributed by atoms with E-state index in [4.69, 9.17) is 0 Å². The summed E-state index contributed by atoms with van der Waals surface area (Å²) in [6, 6.07) is 8.07. The highest BCUT2D eigenvalue weighted by Crippen LogP contribution is 2.40. The molecule has 1 aromatic carbocycles. The number of hydrogen-bond acceptors (Lipinski definition) is 3. The molecule has 19 heavy (non-hydrogen) atoms. The van der Waals surface area contributed by atoms with Crippen molar-refractivity contribution in [2.45, 2.75) is 30.4 Å². The van der Waals surface area contributed by atoms with E-state index in [1.54, 1.807) is 23.9 Å². The molecule has 1 aromatic rings. The summed E-state index contributed by atoms with van der Waals surface area (Å²) >= 11 is 1.63. The maximum atomic E-state index is 12.0. The van der Waals surface area contributed by atoms with Crippen molar-refractivity contribution in [2.75, 3.05) is 5.75 Å². The van der Waals surface area contributed by atoms with Crippen molar-refractivity contribution in [3.63, 3.8) is 0 Å². The molecule has 1 fully saturated rings. The van der Waals surface area contributed by atoms with Crippen LogP contribution in [0.15, 0.2) is 24.3 Å². The summed E-state index contributed by atoms with van der Waals surface area (Å²) in [6.45, 7) is 0. The number of rotatable bonds is 3. The molecule has 2 rings (SSSR count). The predicted molar refractivity (Wildman–Crippen MR) is 66.9 cm³/mol. The number of nitrogens with zero attached hydrogens (tertiary/aromatic N) is 1. The van der Waals surface area contributed by atoms with Gasteiger partial charge < -0.3 is 4.74 Å². The normalized spacial score (nSPS) is 23.1. The minimum atomic E-state index is -4.67. The van der Waals surface area contributed by atoms with Crippen LogP contribution in [0.1, 0.15) is 18.4 Å².